The summed E-state index contributed by atoms with van der Waals surface area (Å²) in [6.07, 6.45) is 21.4. The van der Waals surface area contributed by atoms with E-state index in [1.165, 1.54) is 39.4 Å². The van der Waals surface area contributed by atoms with Gasteiger partial charge in [0.2, 0.25) is 11.2 Å². The van der Waals surface area contributed by atoms with E-state index in [-0.39, 0.29) is 39.3 Å². The van der Waals surface area contributed by atoms with Crippen molar-refractivity contribution in [3.05, 3.63) is 188 Å². The van der Waals surface area contributed by atoms with Crippen LogP contribution >= 0.6 is 0 Å². The van der Waals surface area contributed by atoms with Gasteiger partial charge in [-0.15, -0.1) is 0 Å². The van der Waals surface area contributed by atoms with Crippen molar-refractivity contribution in [1.29, 1.82) is 0 Å². The molecule has 9 aromatic rings. The summed E-state index contributed by atoms with van der Waals surface area (Å²) in [6.45, 7) is 0. The molecule has 0 fully saturated rings. The van der Waals surface area contributed by atoms with Crippen LogP contribution in [0.25, 0.3) is 55.7 Å². The first-order valence-corrected chi connectivity index (χ1v) is 17.4. The number of phenols is 4. The van der Waals surface area contributed by atoms with E-state index in [1.54, 1.807) is 74.4 Å². The molecule has 59 heavy (non-hydrogen) atoms. The molecule has 0 amide bonds. The maximum absolute atomic E-state index is 12.1. The molecule has 7 N–H and O–H groups in total. The lowest BCUT2D eigenvalue weighted by Gasteiger charge is -2.08. The standard InChI is InChI=1S/C15H10O7.3C10H8N2.H2O/c16-7-4-10(19)12-11(5-7)22-15(14(21)13(12)20)6-1-2-8(17)9(18)3-6;3*1-5-11-6-2-9(1)10-3-7-12-8-4-10;/h1-5,16-19,21H;3*1-8H;1H2. The van der Waals surface area contributed by atoms with Crippen molar-refractivity contribution in [2.45, 2.75) is 0 Å². The van der Waals surface area contributed by atoms with Gasteiger partial charge in [-0.3, -0.25) is 34.7 Å². The molecule has 294 valence electrons. The minimum absolute atomic E-state index is 0. The Kier molecular flexibility index (Phi) is 14.4. The zero-order chi connectivity index (χ0) is 40.7. The van der Waals surface area contributed by atoms with Crippen LogP contribution in [0.15, 0.2) is 187 Å². The third-order valence-corrected chi connectivity index (χ3v) is 8.25. The molecule has 0 unspecified atom stereocenters. The fourth-order valence-electron chi connectivity index (χ4n) is 5.40. The maximum Gasteiger partial charge on any atom is 0.238 e. The molecule has 0 saturated carbocycles. The third-order valence-electron chi connectivity index (χ3n) is 8.25. The molecule has 0 aliphatic rings. The predicted octanol–water partition coefficient (Wildman–Crippen LogP) is 7.59. The first kappa shape index (κ1) is 41.7. The highest BCUT2D eigenvalue weighted by Crippen LogP contribution is 2.37. The Bertz CT molecular complexity index is 2440. The Morgan fingerprint density at radius 2 is 0.712 bits per heavy atom. The van der Waals surface area contributed by atoms with E-state index in [9.17, 15) is 30.3 Å². The average Bonchev–Trinajstić information content (AvgIpc) is 3.28. The maximum atomic E-state index is 12.1. The van der Waals surface area contributed by atoms with E-state index < -0.39 is 22.7 Å². The van der Waals surface area contributed by atoms with Crippen molar-refractivity contribution in [3.8, 4) is 73.5 Å². The van der Waals surface area contributed by atoms with Gasteiger partial charge in [0.05, 0.1) is 0 Å². The molecule has 2 aromatic carbocycles. The van der Waals surface area contributed by atoms with E-state index in [2.05, 4.69) is 29.9 Å². The van der Waals surface area contributed by atoms with Gasteiger partial charge in [-0.05, 0) is 124 Å². The highest BCUT2D eigenvalue weighted by atomic mass is 16.4. The smallest absolute Gasteiger partial charge is 0.238 e. The summed E-state index contributed by atoms with van der Waals surface area (Å²) in [5.74, 6) is -2.71. The molecule has 0 aliphatic carbocycles. The topological polar surface area (TPSA) is 240 Å². The number of aromatic nitrogens is 6. The molecule has 0 aliphatic heterocycles. The first-order valence-electron chi connectivity index (χ1n) is 17.4. The Morgan fingerprint density at radius 1 is 0.373 bits per heavy atom. The molecule has 14 nitrogen and oxygen atoms in total. The zero-order valence-electron chi connectivity index (χ0n) is 31.0. The van der Waals surface area contributed by atoms with E-state index >= 15 is 0 Å². The van der Waals surface area contributed by atoms with E-state index in [4.69, 9.17) is 4.42 Å². The minimum Gasteiger partial charge on any atom is -0.508 e. The largest absolute Gasteiger partial charge is 0.508 e. The van der Waals surface area contributed by atoms with Crippen LogP contribution in [0.5, 0.6) is 28.7 Å². The van der Waals surface area contributed by atoms with E-state index in [0.717, 1.165) is 24.3 Å². The van der Waals surface area contributed by atoms with Gasteiger partial charge >= 0.3 is 0 Å². The van der Waals surface area contributed by atoms with Crippen molar-refractivity contribution < 1.29 is 35.4 Å². The van der Waals surface area contributed by atoms with E-state index in [1.807, 2.05) is 72.8 Å². The number of hydrogen-bond acceptors (Lipinski definition) is 13. The fourth-order valence-corrected chi connectivity index (χ4v) is 5.40. The van der Waals surface area contributed by atoms with Crippen LogP contribution < -0.4 is 5.43 Å². The molecule has 7 aromatic heterocycles. The highest BCUT2D eigenvalue weighted by Gasteiger charge is 2.19. The lowest BCUT2D eigenvalue weighted by atomic mass is 10.1. The monoisotopic (exact) mass is 788 g/mol. The zero-order valence-corrected chi connectivity index (χ0v) is 31.0. The molecular formula is C45H36N6O8. The lowest BCUT2D eigenvalue weighted by molar-refractivity contribution is 0.403. The molecule has 0 saturated heterocycles. The van der Waals surface area contributed by atoms with E-state index in [0.29, 0.717) is 0 Å². The number of aromatic hydroxyl groups is 5. The number of rotatable bonds is 4. The summed E-state index contributed by atoms with van der Waals surface area (Å²) in [6, 6.07) is 29.4. The fraction of sp³-hybridized carbons (Fsp3) is 0. The summed E-state index contributed by atoms with van der Waals surface area (Å²) in [4.78, 5) is 35.9. The van der Waals surface area contributed by atoms with Gasteiger partial charge in [-0.25, -0.2) is 0 Å². The van der Waals surface area contributed by atoms with Crippen molar-refractivity contribution in [1.82, 2.24) is 29.9 Å². The highest BCUT2D eigenvalue weighted by molar-refractivity contribution is 5.88. The summed E-state index contributed by atoms with van der Waals surface area (Å²) in [7, 11) is 0. The number of benzene rings is 2. The molecule has 7 heterocycles. The number of hydrogen-bond donors (Lipinski definition) is 5. The van der Waals surface area contributed by atoms with Crippen LogP contribution in [0.4, 0.5) is 0 Å². The van der Waals surface area contributed by atoms with Gasteiger partial charge in [0, 0.05) is 92.1 Å². The van der Waals surface area contributed by atoms with Crippen molar-refractivity contribution >= 4 is 11.0 Å². The van der Waals surface area contributed by atoms with Gasteiger partial charge in [0.1, 0.15) is 22.5 Å². The van der Waals surface area contributed by atoms with Crippen molar-refractivity contribution in [2.75, 3.05) is 0 Å². The molecule has 14 heteroatoms. The number of nitrogens with zero attached hydrogens (tertiary/aromatic N) is 6. The van der Waals surface area contributed by atoms with Crippen molar-refractivity contribution in [2.24, 2.45) is 0 Å². The molecule has 9 rings (SSSR count). The number of pyridine rings is 6. The summed E-state index contributed by atoms with van der Waals surface area (Å²) in [5.41, 5.74) is 6.15. The van der Waals surface area contributed by atoms with Gasteiger partial charge in [0.15, 0.2) is 17.3 Å². The molecular weight excluding hydrogens is 753 g/mol. The van der Waals surface area contributed by atoms with Crippen LogP contribution in [0, 0.1) is 0 Å². The molecule has 0 spiro atoms. The van der Waals surface area contributed by atoms with Crippen LogP contribution in [0.3, 0.4) is 0 Å². The summed E-state index contributed by atoms with van der Waals surface area (Å²) >= 11 is 0. The SMILES string of the molecule is O.O=c1c(O)c(-c2ccc(O)c(O)c2)oc2cc(O)cc(O)c12.c1cc(-c2ccncc2)ccn1.c1cc(-c2ccncc2)ccn1.c1cc(-c2ccncc2)ccn1. The minimum atomic E-state index is -0.888. The molecule has 0 bridgehead atoms. The second-order valence-corrected chi connectivity index (χ2v) is 12.1. The second kappa shape index (κ2) is 20.4. The third kappa shape index (κ3) is 11.1. The average molecular weight is 789 g/mol. The summed E-state index contributed by atoms with van der Waals surface area (Å²) in [5, 5.41) is 47.6. The van der Waals surface area contributed by atoms with Gasteiger partial charge in [0.25, 0.3) is 0 Å². The molecule has 0 atom stereocenters. The Hall–Kier alpha value is -8.49. The van der Waals surface area contributed by atoms with Crippen molar-refractivity contribution in [3.63, 3.8) is 0 Å². The van der Waals surface area contributed by atoms with Crippen LogP contribution in [-0.2, 0) is 0 Å². The number of fused-ring (bicyclic) bond motifs is 1. The predicted molar refractivity (Wildman–Crippen MR) is 222 cm³/mol. The van der Waals surface area contributed by atoms with Gasteiger partial charge < -0.3 is 35.4 Å². The van der Waals surface area contributed by atoms with Crippen LogP contribution in [0.2, 0.25) is 0 Å². The summed E-state index contributed by atoms with van der Waals surface area (Å²) < 4.78 is 5.35. The quantitative estimate of drug-likeness (QED) is 0.108. The lowest BCUT2D eigenvalue weighted by Crippen LogP contribution is -2.02. The number of phenolic OH excluding ortho intramolecular Hbond substituents is 4. The Morgan fingerprint density at radius 3 is 1.03 bits per heavy atom. The van der Waals surface area contributed by atoms with Crippen LogP contribution in [0.1, 0.15) is 0 Å². The molecule has 0 radical (unpaired) electrons. The normalized spacial score (nSPS) is 9.97. The second-order valence-electron chi connectivity index (χ2n) is 12.1. The Balaban J connectivity index is 0.000000155. The van der Waals surface area contributed by atoms with Gasteiger partial charge in [-0.1, -0.05) is 0 Å². The Labute approximate surface area is 336 Å². The first-order chi connectivity index (χ1) is 28.3. The van der Waals surface area contributed by atoms with Gasteiger partial charge in [-0.2, -0.15) is 0 Å². The van der Waals surface area contributed by atoms with Crippen LogP contribution in [-0.4, -0.2) is 60.9 Å².